The average Bonchev–Trinajstić information content (AvgIpc) is 2.70. The van der Waals surface area contributed by atoms with Gasteiger partial charge in [0.2, 0.25) is 0 Å². The summed E-state index contributed by atoms with van der Waals surface area (Å²) in [5.41, 5.74) is 6.28. The zero-order valence-corrected chi connectivity index (χ0v) is 15.3. The van der Waals surface area contributed by atoms with Crippen molar-refractivity contribution >= 4 is 17.2 Å². The van der Waals surface area contributed by atoms with Crippen LogP contribution in [-0.4, -0.2) is 17.6 Å². The van der Waals surface area contributed by atoms with Gasteiger partial charge in [0.15, 0.2) is 0 Å². The molecule has 2 aromatic carbocycles. The quantitative estimate of drug-likeness (QED) is 0.674. The van der Waals surface area contributed by atoms with Crippen LogP contribution in [0.1, 0.15) is 17.5 Å². The fraction of sp³-hybridized carbons (Fsp3) is 0.174. The number of aromatic nitrogens is 1. The molecule has 0 radical (unpaired) electrons. The minimum absolute atomic E-state index is 0.428. The minimum atomic E-state index is 0.428. The molecule has 3 aromatic rings. The van der Waals surface area contributed by atoms with E-state index in [1.54, 1.807) is 0 Å². The lowest BCUT2D eigenvalue weighted by Crippen LogP contribution is -2.34. The second kappa shape index (κ2) is 7.86. The van der Waals surface area contributed by atoms with Crippen LogP contribution in [0.4, 0.5) is 0 Å². The molecule has 0 saturated heterocycles. The summed E-state index contributed by atoms with van der Waals surface area (Å²) in [6, 6.07) is 21.2. The van der Waals surface area contributed by atoms with Gasteiger partial charge in [0.1, 0.15) is 0 Å². The molecule has 0 aliphatic carbocycles. The van der Waals surface area contributed by atoms with Gasteiger partial charge < -0.3 is 5.32 Å². The fourth-order valence-electron chi connectivity index (χ4n) is 3.49. The smallest absolute Gasteiger partial charge is 0.0406 e. The lowest BCUT2D eigenvalue weighted by Gasteiger charge is -2.25. The van der Waals surface area contributed by atoms with Crippen LogP contribution in [0.25, 0.3) is 16.7 Å². The van der Waals surface area contributed by atoms with E-state index in [1.165, 1.54) is 16.7 Å². The highest BCUT2D eigenvalue weighted by molar-refractivity contribution is 6.30. The predicted molar refractivity (Wildman–Crippen MR) is 109 cm³/mol. The summed E-state index contributed by atoms with van der Waals surface area (Å²) >= 11 is 5.99. The number of rotatable bonds is 4. The molecule has 1 aromatic heterocycles. The van der Waals surface area contributed by atoms with Gasteiger partial charge in [-0.2, -0.15) is 0 Å². The molecule has 0 saturated carbocycles. The van der Waals surface area contributed by atoms with Crippen molar-refractivity contribution in [1.29, 1.82) is 0 Å². The molecule has 3 heteroatoms. The van der Waals surface area contributed by atoms with Gasteiger partial charge in [-0.3, -0.25) is 4.98 Å². The van der Waals surface area contributed by atoms with E-state index in [0.717, 1.165) is 35.5 Å². The van der Waals surface area contributed by atoms with Crippen molar-refractivity contribution in [1.82, 2.24) is 10.3 Å². The molecule has 0 bridgehead atoms. The first kappa shape index (κ1) is 17.0. The molecule has 1 unspecified atom stereocenters. The molecule has 1 atom stereocenters. The molecule has 1 aliphatic heterocycles. The highest BCUT2D eigenvalue weighted by Gasteiger charge is 2.16. The summed E-state index contributed by atoms with van der Waals surface area (Å²) in [5, 5.41) is 4.37. The molecule has 2 nitrogen and oxygen atoms in total. The Morgan fingerprint density at radius 1 is 0.923 bits per heavy atom. The standard InChI is InChI=1S/C23H21ClN2/c24-22-8-6-19(7-9-22)21-12-17(15-25-16-21)13-23-14-20(10-11-26-23)18-4-2-1-3-5-18/h1-10,12,15-16,23,26H,11,13-14H2. The molecule has 26 heavy (non-hydrogen) atoms. The molecule has 1 aliphatic rings. The van der Waals surface area contributed by atoms with Gasteiger partial charge in [0, 0.05) is 35.6 Å². The van der Waals surface area contributed by atoms with Gasteiger partial charge in [-0.15, -0.1) is 0 Å². The summed E-state index contributed by atoms with van der Waals surface area (Å²) in [5.74, 6) is 0. The van der Waals surface area contributed by atoms with Gasteiger partial charge in [-0.05, 0) is 53.3 Å². The van der Waals surface area contributed by atoms with Gasteiger partial charge >= 0.3 is 0 Å². The first-order valence-electron chi connectivity index (χ1n) is 8.95. The van der Waals surface area contributed by atoms with Gasteiger partial charge in [0.05, 0.1) is 0 Å². The summed E-state index contributed by atoms with van der Waals surface area (Å²) in [4.78, 5) is 4.45. The summed E-state index contributed by atoms with van der Waals surface area (Å²) < 4.78 is 0. The molecule has 2 heterocycles. The van der Waals surface area contributed by atoms with Crippen LogP contribution in [0.2, 0.25) is 5.02 Å². The molecule has 130 valence electrons. The lowest BCUT2D eigenvalue weighted by atomic mass is 9.92. The summed E-state index contributed by atoms with van der Waals surface area (Å²) in [6.07, 6.45) is 8.19. The summed E-state index contributed by atoms with van der Waals surface area (Å²) in [7, 11) is 0. The first-order valence-corrected chi connectivity index (χ1v) is 9.33. The van der Waals surface area contributed by atoms with Crippen molar-refractivity contribution in [3.05, 3.63) is 95.3 Å². The second-order valence-electron chi connectivity index (χ2n) is 6.70. The van der Waals surface area contributed by atoms with Crippen molar-refractivity contribution in [2.75, 3.05) is 6.54 Å². The number of nitrogens with zero attached hydrogens (tertiary/aromatic N) is 1. The Labute approximate surface area is 159 Å². The van der Waals surface area contributed by atoms with E-state index in [9.17, 15) is 0 Å². The Hall–Kier alpha value is -2.42. The molecule has 0 fully saturated rings. The number of halogens is 1. The fourth-order valence-corrected chi connectivity index (χ4v) is 3.61. The Morgan fingerprint density at radius 2 is 1.73 bits per heavy atom. The summed E-state index contributed by atoms with van der Waals surface area (Å²) in [6.45, 7) is 0.916. The molecular formula is C23H21ClN2. The number of nitrogens with one attached hydrogen (secondary N) is 1. The maximum atomic E-state index is 5.99. The van der Waals surface area contributed by atoms with Gasteiger partial charge in [0.25, 0.3) is 0 Å². The van der Waals surface area contributed by atoms with E-state index in [1.807, 2.05) is 36.7 Å². The Balaban J connectivity index is 1.48. The second-order valence-corrected chi connectivity index (χ2v) is 7.13. The van der Waals surface area contributed by atoms with Crippen molar-refractivity contribution in [2.24, 2.45) is 0 Å². The largest absolute Gasteiger partial charge is 0.310 e. The van der Waals surface area contributed by atoms with Crippen molar-refractivity contribution in [2.45, 2.75) is 18.9 Å². The Morgan fingerprint density at radius 3 is 2.54 bits per heavy atom. The molecule has 4 rings (SSSR count). The zero-order chi connectivity index (χ0) is 17.8. The van der Waals surface area contributed by atoms with Crippen LogP contribution < -0.4 is 5.32 Å². The van der Waals surface area contributed by atoms with Crippen LogP contribution in [0.3, 0.4) is 0 Å². The first-order chi connectivity index (χ1) is 12.8. The third-order valence-corrected chi connectivity index (χ3v) is 5.07. The number of hydrogen-bond donors (Lipinski definition) is 1. The van der Waals surface area contributed by atoms with Crippen molar-refractivity contribution in [3.8, 4) is 11.1 Å². The number of benzene rings is 2. The molecular weight excluding hydrogens is 340 g/mol. The van der Waals surface area contributed by atoms with E-state index >= 15 is 0 Å². The van der Waals surface area contributed by atoms with E-state index in [4.69, 9.17) is 11.6 Å². The maximum absolute atomic E-state index is 5.99. The van der Waals surface area contributed by atoms with Crippen LogP contribution in [0, 0.1) is 0 Å². The highest BCUT2D eigenvalue weighted by atomic mass is 35.5. The average molecular weight is 361 g/mol. The van der Waals surface area contributed by atoms with E-state index < -0.39 is 0 Å². The predicted octanol–water partition coefficient (Wildman–Crippen LogP) is 5.39. The zero-order valence-electron chi connectivity index (χ0n) is 14.5. The van der Waals surface area contributed by atoms with Gasteiger partial charge in [-0.25, -0.2) is 0 Å². The topological polar surface area (TPSA) is 24.9 Å². The van der Waals surface area contributed by atoms with E-state index in [-0.39, 0.29) is 0 Å². The van der Waals surface area contributed by atoms with Crippen molar-refractivity contribution < 1.29 is 0 Å². The van der Waals surface area contributed by atoms with Crippen LogP contribution in [0.5, 0.6) is 0 Å². The lowest BCUT2D eigenvalue weighted by molar-refractivity contribution is 0.532. The van der Waals surface area contributed by atoms with Crippen molar-refractivity contribution in [3.63, 3.8) is 0 Å². The SMILES string of the molecule is Clc1ccc(-c2cncc(CC3CC(c4ccccc4)=CCN3)c2)cc1. The van der Waals surface area contributed by atoms with E-state index in [0.29, 0.717) is 6.04 Å². The minimum Gasteiger partial charge on any atom is -0.310 e. The number of hydrogen-bond acceptors (Lipinski definition) is 2. The van der Waals surface area contributed by atoms with Gasteiger partial charge in [-0.1, -0.05) is 60.1 Å². The number of pyridine rings is 1. The third kappa shape index (κ3) is 4.04. The van der Waals surface area contributed by atoms with E-state index in [2.05, 4.69) is 52.8 Å². The third-order valence-electron chi connectivity index (χ3n) is 4.82. The van der Waals surface area contributed by atoms with Crippen LogP contribution in [-0.2, 0) is 6.42 Å². The Kier molecular flexibility index (Phi) is 5.14. The highest BCUT2D eigenvalue weighted by Crippen LogP contribution is 2.25. The van der Waals surface area contributed by atoms with Crippen LogP contribution in [0.15, 0.2) is 79.1 Å². The molecule has 1 N–H and O–H groups in total. The molecule has 0 spiro atoms. The van der Waals surface area contributed by atoms with Crippen LogP contribution >= 0.6 is 11.6 Å². The maximum Gasteiger partial charge on any atom is 0.0406 e. The molecule has 0 amide bonds. The normalized spacial score (nSPS) is 17.0. The monoisotopic (exact) mass is 360 g/mol. The Bertz CT molecular complexity index is 901.